The van der Waals surface area contributed by atoms with Gasteiger partial charge >= 0.3 is 0 Å². The summed E-state index contributed by atoms with van der Waals surface area (Å²) in [6.45, 7) is 0. The van der Waals surface area contributed by atoms with E-state index in [-0.39, 0.29) is 5.95 Å². The quantitative estimate of drug-likeness (QED) is 0.602. The number of hydrogen-bond donors (Lipinski definition) is 2. The third-order valence-corrected chi connectivity index (χ3v) is 3.65. The fraction of sp³-hybridized carbons (Fsp3) is 0. The number of aromatic nitrogens is 4. The SMILES string of the molecule is Nc1ncc(-c2ccncc2)c(Nc2cnc3ccccc3c2)n1. The van der Waals surface area contributed by atoms with Gasteiger partial charge < -0.3 is 11.1 Å². The molecule has 3 aromatic heterocycles. The predicted octanol–water partition coefficient (Wildman–Crippen LogP) is 3.41. The van der Waals surface area contributed by atoms with Crippen molar-refractivity contribution in [2.24, 2.45) is 0 Å². The Labute approximate surface area is 138 Å². The van der Waals surface area contributed by atoms with Crippen LogP contribution in [0.3, 0.4) is 0 Å². The van der Waals surface area contributed by atoms with Gasteiger partial charge in [-0.25, -0.2) is 4.98 Å². The monoisotopic (exact) mass is 314 g/mol. The number of nitrogens with zero attached hydrogens (tertiary/aromatic N) is 4. The number of rotatable bonds is 3. The molecule has 0 radical (unpaired) electrons. The van der Waals surface area contributed by atoms with E-state index in [2.05, 4.69) is 25.3 Å². The van der Waals surface area contributed by atoms with Gasteiger partial charge in [-0.1, -0.05) is 18.2 Å². The molecular weight excluding hydrogens is 300 g/mol. The van der Waals surface area contributed by atoms with Crippen LogP contribution >= 0.6 is 0 Å². The van der Waals surface area contributed by atoms with Gasteiger partial charge in [0.1, 0.15) is 5.82 Å². The minimum atomic E-state index is 0.212. The zero-order valence-electron chi connectivity index (χ0n) is 12.7. The van der Waals surface area contributed by atoms with E-state index < -0.39 is 0 Å². The molecule has 4 rings (SSSR count). The maximum absolute atomic E-state index is 5.76. The maximum Gasteiger partial charge on any atom is 0.221 e. The van der Waals surface area contributed by atoms with Crippen LogP contribution in [0.4, 0.5) is 17.5 Å². The third-order valence-electron chi connectivity index (χ3n) is 3.65. The summed E-state index contributed by atoms with van der Waals surface area (Å²) in [6, 6.07) is 13.8. The van der Waals surface area contributed by atoms with Gasteiger partial charge in [-0.15, -0.1) is 0 Å². The second-order valence-corrected chi connectivity index (χ2v) is 5.27. The van der Waals surface area contributed by atoms with Crippen molar-refractivity contribution in [2.75, 3.05) is 11.1 Å². The molecule has 0 atom stereocenters. The minimum absolute atomic E-state index is 0.212. The highest BCUT2D eigenvalue weighted by Crippen LogP contribution is 2.28. The molecule has 0 amide bonds. The normalized spacial score (nSPS) is 10.7. The molecule has 0 fully saturated rings. The highest BCUT2D eigenvalue weighted by molar-refractivity contribution is 5.84. The van der Waals surface area contributed by atoms with E-state index in [1.165, 1.54) is 0 Å². The first-order valence-electron chi connectivity index (χ1n) is 7.44. The molecule has 0 unspecified atom stereocenters. The number of nitrogens with two attached hydrogens (primary N) is 1. The molecular formula is C18H14N6. The smallest absolute Gasteiger partial charge is 0.221 e. The summed E-state index contributed by atoms with van der Waals surface area (Å²) >= 11 is 0. The number of anilines is 3. The standard InChI is InChI=1S/C18H14N6/c19-18-22-11-15(12-5-7-20-8-6-12)17(24-18)23-14-9-13-3-1-2-4-16(13)21-10-14/h1-11H,(H3,19,22,23,24). The van der Waals surface area contributed by atoms with Crippen molar-refractivity contribution in [1.82, 2.24) is 19.9 Å². The van der Waals surface area contributed by atoms with Gasteiger partial charge in [-0.2, -0.15) is 4.98 Å². The number of para-hydroxylation sites is 1. The highest BCUT2D eigenvalue weighted by Gasteiger charge is 2.09. The molecule has 0 aliphatic heterocycles. The summed E-state index contributed by atoms with van der Waals surface area (Å²) in [5, 5.41) is 4.34. The summed E-state index contributed by atoms with van der Waals surface area (Å²) in [6.07, 6.45) is 6.94. The Morgan fingerprint density at radius 1 is 0.917 bits per heavy atom. The lowest BCUT2D eigenvalue weighted by Crippen LogP contribution is -2.02. The van der Waals surface area contributed by atoms with Crippen LogP contribution in [-0.4, -0.2) is 19.9 Å². The largest absolute Gasteiger partial charge is 0.368 e. The molecule has 6 nitrogen and oxygen atoms in total. The molecule has 116 valence electrons. The average Bonchev–Trinajstić information content (AvgIpc) is 2.62. The zero-order chi connectivity index (χ0) is 16.4. The molecule has 0 aliphatic rings. The average molecular weight is 314 g/mol. The Morgan fingerprint density at radius 2 is 1.75 bits per heavy atom. The first-order chi connectivity index (χ1) is 11.8. The Balaban J connectivity index is 1.76. The molecule has 0 saturated carbocycles. The van der Waals surface area contributed by atoms with Crippen LogP contribution in [0.5, 0.6) is 0 Å². The van der Waals surface area contributed by atoms with Crippen LogP contribution < -0.4 is 11.1 Å². The predicted molar refractivity (Wildman–Crippen MR) is 94.7 cm³/mol. The molecule has 0 aliphatic carbocycles. The van der Waals surface area contributed by atoms with Gasteiger partial charge in [0.15, 0.2) is 0 Å². The van der Waals surface area contributed by atoms with E-state index >= 15 is 0 Å². The van der Waals surface area contributed by atoms with Gasteiger partial charge in [0.2, 0.25) is 5.95 Å². The van der Waals surface area contributed by atoms with Gasteiger partial charge in [0.05, 0.1) is 17.4 Å². The number of hydrogen-bond acceptors (Lipinski definition) is 6. The van der Waals surface area contributed by atoms with Crippen molar-refractivity contribution in [1.29, 1.82) is 0 Å². The molecule has 4 aromatic rings. The van der Waals surface area contributed by atoms with E-state index in [1.54, 1.807) is 24.8 Å². The summed E-state index contributed by atoms with van der Waals surface area (Å²) in [5.41, 5.74) is 9.35. The van der Waals surface area contributed by atoms with Crippen molar-refractivity contribution in [3.63, 3.8) is 0 Å². The van der Waals surface area contributed by atoms with Crippen molar-refractivity contribution in [3.05, 3.63) is 67.3 Å². The molecule has 0 spiro atoms. The van der Waals surface area contributed by atoms with Crippen molar-refractivity contribution >= 4 is 28.4 Å². The Morgan fingerprint density at radius 3 is 2.62 bits per heavy atom. The lowest BCUT2D eigenvalue weighted by Gasteiger charge is -2.11. The van der Waals surface area contributed by atoms with E-state index in [4.69, 9.17) is 5.73 Å². The fourth-order valence-corrected chi connectivity index (χ4v) is 2.51. The van der Waals surface area contributed by atoms with Gasteiger partial charge in [-0.05, 0) is 29.8 Å². The zero-order valence-corrected chi connectivity index (χ0v) is 12.7. The van der Waals surface area contributed by atoms with Crippen LogP contribution in [0.15, 0.2) is 67.3 Å². The van der Waals surface area contributed by atoms with Gasteiger partial charge in [-0.3, -0.25) is 9.97 Å². The van der Waals surface area contributed by atoms with E-state index in [0.717, 1.165) is 27.7 Å². The third kappa shape index (κ3) is 2.72. The lowest BCUT2D eigenvalue weighted by molar-refractivity contribution is 1.18. The van der Waals surface area contributed by atoms with Gasteiger partial charge in [0.25, 0.3) is 0 Å². The second kappa shape index (κ2) is 5.92. The van der Waals surface area contributed by atoms with Crippen LogP contribution in [0, 0.1) is 0 Å². The van der Waals surface area contributed by atoms with Crippen LogP contribution in [0.25, 0.3) is 22.0 Å². The summed E-state index contributed by atoms with van der Waals surface area (Å²) in [4.78, 5) is 16.9. The first-order valence-corrected chi connectivity index (χ1v) is 7.44. The second-order valence-electron chi connectivity index (χ2n) is 5.27. The molecule has 0 saturated heterocycles. The first kappa shape index (κ1) is 14.1. The number of fused-ring (bicyclic) bond motifs is 1. The Kier molecular flexibility index (Phi) is 3.47. The number of nitrogens with one attached hydrogen (secondary N) is 1. The Hall–Kier alpha value is -3.54. The molecule has 6 heteroatoms. The van der Waals surface area contributed by atoms with Crippen LogP contribution in [0.2, 0.25) is 0 Å². The number of benzene rings is 1. The molecule has 0 bridgehead atoms. The van der Waals surface area contributed by atoms with E-state index in [0.29, 0.717) is 5.82 Å². The lowest BCUT2D eigenvalue weighted by atomic mass is 10.1. The highest BCUT2D eigenvalue weighted by atomic mass is 15.1. The van der Waals surface area contributed by atoms with E-state index in [9.17, 15) is 0 Å². The van der Waals surface area contributed by atoms with Crippen molar-refractivity contribution < 1.29 is 0 Å². The molecule has 3 heterocycles. The fourth-order valence-electron chi connectivity index (χ4n) is 2.51. The number of nitrogen functional groups attached to an aromatic ring is 1. The van der Waals surface area contributed by atoms with E-state index in [1.807, 2.05) is 42.5 Å². The van der Waals surface area contributed by atoms with Crippen LogP contribution in [-0.2, 0) is 0 Å². The summed E-state index contributed by atoms with van der Waals surface area (Å²) in [7, 11) is 0. The van der Waals surface area contributed by atoms with Gasteiger partial charge in [0, 0.05) is 29.5 Å². The summed E-state index contributed by atoms with van der Waals surface area (Å²) < 4.78 is 0. The van der Waals surface area contributed by atoms with Crippen LogP contribution in [0.1, 0.15) is 0 Å². The van der Waals surface area contributed by atoms with Crippen molar-refractivity contribution in [2.45, 2.75) is 0 Å². The van der Waals surface area contributed by atoms with Crippen molar-refractivity contribution in [3.8, 4) is 11.1 Å². The Bertz CT molecular complexity index is 1000. The molecule has 1 aromatic carbocycles. The topological polar surface area (TPSA) is 89.6 Å². The number of pyridine rings is 2. The molecule has 24 heavy (non-hydrogen) atoms. The summed E-state index contributed by atoms with van der Waals surface area (Å²) in [5.74, 6) is 0.842. The maximum atomic E-state index is 5.76. The molecule has 3 N–H and O–H groups in total. The minimum Gasteiger partial charge on any atom is -0.368 e.